The highest BCUT2D eigenvalue weighted by Gasteiger charge is 2.21. The number of pyridine rings is 1. The average Bonchev–Trinajstić information content (AvgIpc) is 2.67. The van der Waals surface area contributed by atoms with E-state index >= 15 is 0 Å². The van der Waals surface area contributed by atoms with E-state index in [1.165, 1.54) is 24.3 Å². The number of fused-ring (bicyclic) bond motifs is 1. The topological polar surface area (TPSA) is 96.1 Å². The van der Waals surface area contributed by atoms with Gasteiger partial charge >= 0.3 is 0 Å². The highest BCUT2D eigenvalue weighted by Crippen LogP contribution is 2.20. The van der Waals surface area contributed by atoms with E-state index in [0.717, 1.165) is 43.0 Å². The molecule has 8 heteroatoms. The summed E-state index contributed by atoms with van der Waals surface area (Å²) in [6.45, 7) is -0.354. The molecule has 1 aliphatic carbocycles. The van der Waals surface area contributed by atoms with Crippen LogP contribution in [0.25, 0.3) is 0 Å². The molecule has 0 unspecified atom stereocenters. The Hall–Kier alpha value is -2.74. The number of aryl methyl sites for hydroxylation is 2. The maximum absolute atomic E-state index is 14.1. The third-order valence-electron chi connectivity index (χ3n) is 4.42. The normalized spacial score (nSPS) is 14.5. The lowest BCUT2D eigenvalue weighted by atomic mass is 9.95. The fourth-order valence-electron chi connectivity index (χ4n) is 2.98. The van der Waals surface area contributed by atoms with Gasteiger partial charge in [-0.05, 0) is 55.5 Å². The predicted octanol–water partition coefficient (Wildman–Crippen LogP) is 2.27. The SMILES string of the molecule is O=C(NC/C=C(/F)S(=O)(=O)c1ccccc1)c1cc2c([nH]c1=O)CCCC2. The largest absolute Gasteiger partial charge is 0.348 e. The van der Waals surface area contributed by atoms with E-state index in [4.69, 9.17) is 0 Å². The van der Waals surface area contributed by atoms with Crippen LogP contribution >= 0.6 is 0 Å². The zero-order valence-electron chi connectivity index (χ0n) is 14.5. The molecule has 2 N–H and O–H groups in total. The Morgan fingerprint density at radius 3 is 2.63 bits per heavy atom. The zero-order chi connectivity index (χ0) is 19.4. The number of aromatic amines is 1. The molecule has 3 rings (SSSR count). The van der Waals surface area contributed by atoms with Crippen LogP contribution in [0.5, 0.6) is 0 Å². The first-order valence-corrected chi connectivity index (χ1v) is 10.1. The molecule has 0 spiro atoms. The fraction of sp³-hybridized carbons (Fsp3) is 0.263. The highest BCUT2D eigenvalue weighted by molar-refractivity contribution is 7.95. The van der Waals surface area contributed by atoms with Gasteiger partial charge in [0.15, 0.2) is 0 Å². The molecular weight excluding hydrogens is 371 g/mol. The number of hydrogen-bond acceptors (Lipinski definition) is 4. The summed E-state index contributed by atoms with van der Waals surface area (Å²) in [5.74, 6) is -0.675. The summed E-state index contributed by atoms with van der Waals surface area (Å²) >= 11 is 0. The van der Waals surface area contributed by atoms with Gasteiger partial charge in [-0.3, -0.25) is 9.59 Å². The van der Waals surface area contributed by atoms with E-state index in [1.807, 2.05) is 0 Å². The van der Waals surface area contributed by atoms with E-state index in [2.05, 4.69) is 10.3 Å². The van der Waals surface area contributed by atoms with Gasteiger partial charge in [0.2, 0.25) is 15.0 Å². The van der Waals surface area contributed by atoms with Crippen LogP contribution < -0.4 is 10.9 Å². The van der Waals surface area contributed by atoms with Crippen molar-refractivity contribution in [2.24, 2.45) is 0 Å². The Bertz CT molecular complexity index is 1040. The first kappa shape index (κ1) is 19.0. The number of aromatic nitrogens is 1. The standard InChI is InChI=1S/C19H19FN2O4S/c20-17(27(25,26)14-7-2-1-3-8-14)10-11-21-18(23)15-12-13-6-4-5-9-16(13)22-19(15)24/h1-3,7-8,10,12H,4-6,9,11H2,(H,21,23)(H,22,24)/b17-10-. The maximum Gasteiger partial charge on any atom is 0.261 e. The molecule has 1 heterocycles. The quantitative estimate of drug-likeness (QED) is 0.819. The lowest BCUT2D eigenvalue weighted by molar-refractivity contribution is 0.0956. The van der Waals surface area contributed by atoms with Gasteiger partial charge in [-0.2, -0.15) is 4.39 Å². The molecule has 2 aromatic rings. The fourth-order valence-corrected chi connectivity index (χ4v) is 4.03. The van der Waals surface area contributed by atoms with Crippen molar-refractivity contribution in [2.45, 2.75) is 30.6 Å². The van der Waals surface area contributed by atoms with Crippen molar-refractivity contribution >= 4 is 15.7 Å². The number of benzene rings is 1. The van der Waals surface area contributed by atoms with Crippen molar-refractivity contribution in [2.75, 3.05) is 6.54 Å². The molecule has 0 saturated heterocycles. The summed E-state index contributed by atoms with van der Waals surface area (Å²) in [5, 5.41) is 1.01. The summed E-state index contributed by atoms with van der Waals surface area (Å²) in [7, 11) is -4.25. The van der Waals surface area contributed by atoms with E-state index < -0.39 is 26.5 Å². The summed E-state index contributed by atoms with van der Waals surface area (Å²) in [4.78, 5) is 26.8. The lowest BCUT2D eigenvalue weighted by Gasteiger charge is -2.15. The molecular formula is C19H19FN2O4S. The van der Waals surface area contributed by atoms with Crippen LogP contribution in [-0.4, -0.2) is 25.9 Å². The number of carbonyl (C=O) groups excluding carboxylic acids is 1. The molecule has 0 aliphatic heterocycles. The van der Waals surface area contributed by atoms with Crippen LogP contribution in [0.3, 0.4) is 0 Å². The number of halogens is 1. The van der Waals surface area contributed by atoms with E-state index in [0.29, 0.717) is 0 Å². The van der Waals surface area contributed by atoms with Crippen LogP contribution in [0.15, 0.2) is 57.3 Å². The third-order valence-corrected chi connectivity index (χ3v) is 5.99. The second-order valence-electron chi connectivity index (χ2n) is 6.26. The summed E-state index contributed by atoms with van der Waals surface area (Å²) in [6, 6.07) is 8.73. The molecule has 27 heavy (non-hydrogen) atoms. The Kier molecular flexibility index (Phi) is 5.55. The predicted molar refractivity (Wildman–Crippen MR) is 98.9 cm³/mol. The lowest BCUT2D eigenvalue weighted by Crippen LogP contribution is -2.31. The van der Waals surface area contributed by atoms with Gasteiger partial charge in [0, 0.05) is 12.2 Å². The van der Waals surface area contributed by atoms with Crippen LogP contribution in [0.2, 0.25) is 0 Å². The van der Waals surface area contributed by atoms with Gasteiger partial charge < -0.3 is 10.3 Å². The molecule has 0 radical (unpaired) electrons. The molecule has 1 aliphatic rings. The van der Waals surface area contributed by atoms with Crippen LogP contribution in [0.4, 0.5) is 4.39 Å². The van der Waals surface area contributed by atoms with Gasteiger partial charge in [-0.15, -0.1) is 0 Å². The first-order valence-electron chi connectivity index (χ1n) is 8.58. The van der Waals surface area contributed by atoms with E-state index in [9.17, 15) is 22.4 Å². The summed E-state index contributed by atoms with van der Waals surface area (Å²) < 4.78 is 38.2. The molecule has 0 bridgehead atoms. The molecule has 0 atom stereocenters. The van der Waals surface area contributed by atoms with Crippen molar-refractivity contribution in [3.63, 3.8) is 0 Å². The molecule has 0 fully saturated rings. The van der Waals surface area contributed by atoms with Crippen molar-refractivity contribution in [1.29, 1.82) is 0 Å². The van der Waals surface area contributed by atoms with Crippen molar-refractivity contribution in [3.8, 4) is 0 Å². The Morgan fingerprint density at radius 1 is 1.19 bits per heavy atom. The molecule has 0 saturated carbocycles. The Labute approximate surface area is 156 Å². The number of H-pyrrole nitrogens is 1. The van der Waals surface area contributed by atoms with Crippen molar-refractivity contribution in [1.82, 2.24) is 10.3 Å². The van der Waals surface area contributed by atoms with Crippen molar-refractivity contribution in [3.05, 3.63) is 74.8 Å². The molecule has 1 aromatic carbocycles. The number of hydrogen-bond donors (Lipinski definition) is 2. The molecule has 142 valence electrons. The van der Waals surface area contributed by atoms with Crippen LogP contribution in [0, 0.1) is 0 Å². The number of rotatable bonds is 5. The first-order chi connectivity index (χ1) is 12.9. The van der Waals surface area contributed by atoms with Gasteiger partial charge in [-0.25, -0.2) is 8.42 Å². The molecule has 1 aromatic heterocycles. The minimum absolute atomic E-state index is 0.0598. The second-order valence-corrected chi connectivity index (χ2v) is 8.13. The van der Waals surface area contributed by atoms with Crippen LogP contribution in [-0.2, 0) is 22.7 Å². The van der Waals surface area contributed by atoms with Crippen molar-refractivity contribution < 1.29 is 17.6 Å². The minimum atomic E-state index is -4.25. The minimum Gasteiger partial charge on any atom is -0.348 e. The summed E-state index contributed by atoms with van der Waals surface area (Å²) in [6.07, 6.45) is 4.32. The number of amides is 1. The smallest absolute Gasteiger partial charge is 0.261 e. The van der Waals surface area contributed by atoms with E-state index in [1.54, 1.807) is 12.1 Å². The summed E-state index contributed by atoms with van der Waals surface area (Å²) in [5.41, 5.74) is 1.21. The van der Waals surface area contributed by atoms with E-state index in [-0.39, 0.29) is 17.0 Å². The Balaban J connectivity index is 1.71. The van der Waals surface area contributed by atoms with Gasteiger partial charge in [0.05, 0.1) is 4.90 Å². The highest BCUT2D eigenvalue weighted by atomic mass is 32.2. The number of nitrogens with one attached hydrogen (secondary N) is 2. The Morgan fingerprint density at radius 2 is 1.89 bits per heavy atom. The molecule has 6 nitrogen and oxygen atoms in total. The third kappa shape index (κ3) is 4.16. The monoisotopic (exact) mass is 390 g/mol. The van der Waals surface area contributed by atoms with Gasteiger partial charge in [0.1, 0.15) is 5.56 Å². The van der Waals surface area contributed by atoms with Gasteiger partial charge in [0.25, 0.3) is 11.5 Å². The molecule has 1 amide bonds. The maximum atomic E-state index is 14.1. The van der Waals surface area contributed by atoms with Gasteiger partial charge in [-0.1, -0.05) is 18.2 Å². The average molecular weight is 390 g/mol. The number of sulfone groups is 1. The number of carbonyl (C=O) groups is 1. The zero-order valence-corrected chi connectivity index (χ0v) is 15.3. The van der Waals surface area contributed by atoms with Crippen LogP contribution in [0.1, 0.15) is 34.5 Å². The second kappa shape index (κ2) is 7.87.